The number of aryl methyl sites for hydroxylation is 1. The fourth-order valence-corrected chi connectivity index (χ4v) is 6.17. The third-order valence-corrected chi connectivity index (χ3v) is 8.10. The lowest BCUT2D eigenvalue weighted by Gasteiger charge is -2.39. The number of rotatable bonds is 5. The van der Waals surface area contributed by atoms with Gasteiger partial charge in [0.05, 0.1) is 23.3 Å². The normalized spacial score (nSPS) is 29.0. The maximum Gasteiger partial charge on any atom is 0.331 e. The SMILES string of the molecule is CCCCC1C(=O)OC2c3cc(C)cc(O)c3C3=C(C(=O)c4c(O[C@H]5C[C@@H](O)[C@@H](O)[C@H](C)O5)cccc4C3=O)N12. The van der Waals surface area contributed by atoms with Gasteiger partial charge in [-0.15, -0.1) is 0 Å². The first kappa shape index (κ1) is 26.5. The van der Waals surface area contributed by atoms with E-state index in [1.165, 1.54) is 18.2 Å². The Morgan fingerprint density at radius 2 is 1.88 bits per heavy atom. The van der Waals surface area contributed by atoms with Gasteiger partial charge in [0.1, 0.15) is 29.3 Å². The molecule has 0 spiro atoms. The summed E-state index contributed by atoms with van der Waals surface area (Å²) in [4.78, 5) is 43.2. The highest BCUT2D eigenvalue weighted by atomic mass is 16.7. The first-order chi connectivity index (χ1) is 19.1. The van der Waals surface area contributed by atoms with Crippen LogP contribution < -0.4 is 4.74 Å². The molecular formula is C30H31NO9. The second-order valence-electron chi connectivity index (χ2n) is 10.8. The van der Waals surface area contributed by atoms with E-state index in [2.05, 4.69) is 0 Å². The molecule has 6 rings (SSSR count). The summed E-state index contributed by atoms with van der Waals surface area (Å²) in [5.41, 5.74) is 1.47. The number of Topliss-reactive ketones (excluding diaryl/α,β-unsaturated/α-hetero) is 2. The van der Waals surface area contributed by atoms with Crippen LogP contribution >= 0.6 is 0 Å². The van der Waals surface area contributed by atoms with Crippen molar-refractivity contribution >= 4 is 23.1 Å². The van der Waals surface area contributed by atoms with Gasteiger partial charge in [0.15, 0.2) is 5.78 Å². The Balaban J connectivity index is 1.50. The van der Waals surface area contributed by atoms with Gasteiger partial charge in [0.25, 0.3) is 0 Å². The monoisotopic (exact) mass is 549 g/mol. The molecule has 2 aromatic rings. The molecule has 10 heteroatoms. The van der Waals surface area contributed by atoms with Gasteiger partial charge in [-0.3, -0.25) is 9.59 Å². The number of nitrogens with zero attached hydrogens (tertiary/aromatic N) is 1. The van der Waals surface area contributed by atoms with Crippen LogP contribution in [-0.2, 0) is 14.3 Å². The first-order valence-corrected chi connectivity index (χ1v) is 13.6. The number of hydrogen-bond acceptors (Lipinski definition) is 10. The van der Waals surface area contributed by atoms with Crippen molar-refractivity contribution in [3.05, 3.63) is 63.8 Å². The number of phenolic OH excluding ortho intramolecular Hbond substituents is 1. The van der Waals surface area contributed by atoms with Crippen molar-refractivity contribution in [1.82, 2.24) is 4.90 Å². The van der Waals surface area contributed by atoms with Crippen LogP contribution in [0.1, 0.15) is 83.2 Å². The van der Waals surface area contributed by atoms with Crippen LogP contribution in [0.25, 0.3) is 5.57 Å². The molecule has 1 aliphatic carbocycles. The molecule has 3 heterocycles. The summed E-state index contributed by atoms with van der Waals surface area (Å²) < 4.78 is 17.5. The molecule has 3 aliphatic heterocycles. The molecular weight excluding hydrogens is 518 g/mol. The van der Waals surface area contributed by atoms with Crippen molar-refractivity contribution in [2.45, 2.75) is 83.3 Å². The minimum Gasteiger partial charge on any atom is -0.507 e. The summed E-state index contributed by atoms with van der Waals surface area (Å²) in [7, 11) is 0. The van der Waals surface area contributed by atoms with E-state index in [0.717, 1.165) is 6.42 Å². The number of ketones is 2. The maximum absolute atomic E-state index is 14.4. The minimum absolute atomic E-state index is 0.00510. The van der Waals surface area contributed by atoms with E-state index in [-0.39, 0.29) is 45.9 Å². The smallest absolute Gasteiger partial charge is 0.331 e. The topological polar surface area (TPSA) is 143 Å². The van der Waals surface area contributed by atoms with E-state index in [4.69, 9.17) is 14.2 Å². The zero-order valence-corrected chi connectivity index (χ0v) is 22.4. The Morgan fingerprint density at radius 3 is 2.60 bits per heavy atom. The van der Waals surface area contributed by atoms with Crippen LogP contribution in [0.3, 0.4) is 0 Å². The average molecular weight is 550 g/mol. The molecule has 3 N–H and O–H groups in total. The Kier molecular flexibility index (Phi) is 6.44. The Hall–Kier alpha value is -3.73. The number of aliphatic hydroxyl groups excluding tert-OH is 2. The highest BCUT2D eigenvalue weighted by molar-refractivity contribution is 6.41. The van der Waals surface area contributed by atoms with Gasteiger partial charge in [0, 0.05) is 23.1 Å². The van der Waals surface area contributed by atoms with E-state index in [1.807, 2.05) is 6.92 Å². The standard InChI is InChI=1S/C30H31NO9/c1-4-5-8-17-30(37)40-29-16-10-13(2)11-18(32)22(16)24-25(31(17)29)28(36)23-15(27(24)35)7-6-9-20(23)39-21-12-19(33)26(34)14(3)38-21/h6-7,9-11,14,17,19,21,26,29,32-34H,4-5,8,12H2,1-3H3/t14-,17?,19+,21-,26-,29?/m0/s1. The number of aromatic hydroxyl groups is 1. The predicted molar refractivity (Wildman–Crippen MR) is 140 cm³/mol. The van der Waals surface area contributed by atoms with Crippen LogP contribution in [-0.4, -0.2) is 68.4 Å². The number of carbonyl (C=O) groups is 3. The molecule has 210 valence electrons. The van der Waals surface area contributed by atoms with Crippen LogP contribution in [0, 0.1) is 6.92 Å². The Morgan fingerprint density at radius 1 is 1.10 bits per heavy atom. The average Bonchev–Trinajstić information content (AvgIpc) is 3.24. The molecule has 2 unspecified atom stereocenters. The molecule has 0 bridgehead atoms. The highest BCUT2D eigenvalue weighted by Gasteiger charge is 2.53. The van der Waals surface area contributed by atoms with Crippen LogP contribution in [0.5, 0.6) is 11.5 Å². The van der Waals surface area contributed by atoms with Crippen LogP contribution in [0.4, 0.5) is 0 Å². The minimum atomic E-state index is -1.09. The number of benzene rings is 2. The molecule has 40 heavy (non-hydrogen) atoms. The van der Waals surface area contributed by atoms with Gasteiger partial charge in [-0.05, 0) is 44.0 Å². The lowest BCUT2D eigenvalue weighted by atomic mass is 9.78. The van der Waals surface area contributed by atoms with E-state index in [0.29, 0.717) is 24.0 Å². The molecule has 0 aromatic heterocycles. The first-order valence-electron chi connectivity index (χ1n) is 13.6. The van der Waals surface area contributed by atoms with Gasteiger partial charge < -0.3 is 34.4 Å². The van der Waals surface area contributed by atoms with Gasteiger partial charge >= 0.3 is 5.97 Å². The molecule has 2 fully saturated rings. The van der Waals surface area contributed by atoms with Crippen molar-refractivity contribution < 1.29 is 43.9 Å². The lowest BCUT2D eigenvalue weighted by Crippen LogP contribution is -2.48. The van der Waals surface area contributed by atoms with Gasteiger partial charge in [-0.25, -0.2) is 4.79 Å². The maximum atomic E-state index is 14.4. The lowest BCUT2D eigenvalue weighted by molar-refractivity contribution is -0.216. The molecule has 0 radical (unpaired) electrons. The fourth-order valence-electron chi connectivity index (χ4n) is 6.17. The van der Waals surface area contributed by atoms with E-state index < -0.39 is 54.4 Å². The summed E-state index contributed by atoms with van der Waals surface area (Å²) in [6, 6.07) is 7.13. The summed E-state index contributed by atoms with van der Waals surface area (Å²) in [5, 5.41) is 31.3. The number of esters is 1. The molecule has 6 atom stereocenters. The summed E-state index contributed by atoms with van der Waals surface area (Å²) in [5.74, 6) is -1.62. The van der Waals surface area contributed by atoms with Crippen molar-refractivity contribution in [3.63, 3.8) is 0 Å². The zero-order chi connectivity index (χ0) is 28.5. The van der Waals surface area contributed by atoms with E-state index in [1.54, 1.807) is 30.9 Å². The number of phenols is 1. The predicted octanol–water partition coefficient (Wildman–Crippen LogP) is 3.16. The second kappa shape index (κ2) is 9.72. The fraction of sp³-hybridized carbons (Fsp3) is 0.433. The molecule has 2 saturated heterocycles. The van der Waals surface area contributed by atoms with Crippen molar-refractivity contribution in [3.8, 4) is 11.5 Å². The summed E-state index contributed by atoms with van der Waals surface area (Å²) in [6.07, 6.45) is -2.92. The third kappa shape index (κ3) is 3.93. The number of aliphatic hydroxyl groups is 2. The number of fused-ring (bicyclic) bond motifs is 6. The summed E-state index contributed by atoms with van der Waals surface area (Å²) in [6.45, 7) is 5.38. The van der Waals surface area contributed by atoms with Gasteiger partial charge in [-0.1, -0.05) is 31.9 Å². The van der Waals surface area contributed by atoms with E-state index >= 15 is 0 Å². The largest absolute Gasteiger partial charge is 0.507 e. The van der Waals surface area contributed by atoms with Crippen LogP contribution in [0.15, 0.2) is 36.0 Å². The Labute approximate surface area is 230 Å². The Bertz CT molecular complexity index is 1450. The number of ether oxygens (including phenoxy) is 3. The van der Waals surface area contributed by atoms with Gasteiger partial charge in [0.2, 0.25) is 18.3 Å². The third-order valence-electron chi connectivity index (χ3n) is 8.10. The number of carbonyl (C=O) groups excluding carboxylic acids is 3. The number of allylic oxidation sites excluding steroid dienone is 2. The molecule has 4 aliphatic rings. The number of unbranched alkanes of at least 4 members (excludes halogenated alkanes) is 1. The molecule has 10 nitrogen and oxygen atoms in total. The quantitative estimate of drug-likeness (QED) is 0.476. The highest BCUT2D eigenvalue weighted by Crippen LogP contribution is 2.52. The molecule has 2 aromatic carbocycles. The van der Waals surface area contributed by atoms with Crippen molar-refractivity contribution in [1.29, 1.82) is 0 Å². The van der Waals surface area contributed by atoms with Gasteiger partial charge in [-0.2, -0.15) is 0 Å². The molecule has 0 amide bonds. The summed E-state index contributed by atoms with van der Waals surface area (Å²) >= 11 is 0. The zero-order valence-electron chi connectivity index (χ0n) is 22.4. The van der Waals surface area contributed by atoms with Crippen LogP contribution in [0.2, 0.25) is 0 Å². The number of hydrogen-bond donors (Lipinski definition) is 3. The van der Waals surface area contributed by atoms with E-state index in [9.17, 15) is 29.7 Å². The molecule has 0 saturated carbocycles. The second-order valence-corrected chi connectivity index (χ2v) is 10.8. The van der Waals surface area contributed by atoms with Crippen molar-refractivity contribution in [2.24, 2.45) is 0 Å². The van der Waals surface area contributed by atoms with Crippen molar-refractivity contribution in [2.75, 3.05) is 0 Å².